The quantitative estimate of drug-likeness (QED) is 0.756. The molecular weight excluding hydrogens is 224 g/mol. The van der Waals surface area contributed by atoms with Crippen LogP contribution < -0.4 is 5.73 Å². The summed E-state index contributed by atoms with van der Waals surface area (Å²) in [5.41, 5.74) is 7.50. The van der Waals surface area contributed by atoms with Crippen molar-refractivity contribution >= 4 is 5.69 Å². The van der Waals surface area contributed by atoms with Crippen molar-refractivity contribution in [1.82, 2.24) is 4.90 Å². The molecule has 1 aromatic carbocycles. The number of anilines is 1. The van der Waals surface area contributed by atoms with Gasteiger partial charge in [-0.25, -0.2) is 0 Å². The highest BCUT2D eigenvalue weighted by atomic mass is 16.3. The number of hydrogen-bond acceptors (Lipinski definition) is 3. The van der Waals surface area contributed by atoms with E-state index >= 15 is 0 Å². The van der Waals surface area contributed by atoms with Gasteiger partial charge in [0.1, 0.15) is 0 Å². The van der Waals surface area contributed by atoms with E-state index in [1.54, 1.807) is 0 Å². The zero-order chi connectivity index (χ0) is 12.5. The first-order chi connectivity index (χ1) is 8.74. The van der Waals surface area contributed by atoms with Crippen molar-refractivity contribution < 1.29 is 5.11 Å². The van der Waals surface area contributed by atoms with Crippen LogP contribution in [0.15, 0.2) is 24.3 Å². The van der Waals surface area contributed by atoms with Crippen LogP contribution in [0.1, 0.15) is 37.4 Å². The lowest BCUT2D eigenvalue weighted by Crippen LogP contribution is -2.32. The molecule has 98 valence electrons. The summed E-state index contributed by atoms with van der Waals surface area (Å²) in [6, 6.07) is 8.36. The lowest BCUT2D eigenvalue weighted by Gasteiger charge is -2.25. The zero-order valence-corrected chi connectivity index (χ0v) is 10.8. The van der Waals surface area contributed by atoms with Gasteiger partial charge in [0.05, 0.1) is 6.10 Å². The minimum absolute atomic E-state index is 0.453. The lowest BCUT2D eigenvalue weighted by molar-refractivity contribution is 0.106. The van der Waals surface area contributed by atoms with Crippen LogP contribution in [0, 0.1) is 5.92 Å². The number of nitrogen functional groups attached to an aromatic ring is 1. The van der Waals surface area contributed by atoms with Gasteiger partial charge in [-0.2, -0.15) is 0 Å². The fraction of sp³-hybridized carbons (Fsp3) is 0.600. The van der Waals surface area contributed by atoms with E-state index in [0.717, 1.165) is 24.6 Å². The molecule has 18 heavy (non-hydrogen) atoms. The second-order valence-electron chi connectivity index (χ2n) is 5.77. The summed E-state index contributed by atoms with van der Waals surface area (Å²) in [6.07, 6.45) is 4.87. The zero-order valence-electron chi connectivity index (χ0n) is 10.8. The fourth-order valence-corrected chi connectivity index (χ4v) is 2.58. The maximum absolute atomic E-state index is 10.4. The van der Waals surface area contributed by atoms with Crippen molar-refractivity contribution in [1.29, 1.82) is 0 Å². The van der Waals surface area contributed by atoms with Gasteiger partial charge in [-0.15, -0.1) is 0 Å². The van der Waals surface area contributed by atoms with Crippen molar-refractivity contribution in [2.24, 2.45) is 5.92 Å². The fourth-order valence-electron chi connectivity index (χ4n) is 2.58. The summed E-state index contributed by atoms with van der Waals surface area (Å²) in [7, 11) is 0. The summed E-state index contributed by atoms with van der Waals surface area (Å²) in [5, 5.41) is 10.4. The maximum Gasteiger partial charge on any atom is 0.0936 e. The summed E-state index contributed by atoms with van der Waals surface area (Å²) < 4.78 is 0. The van der Waals surface area contributed by atoms with Crippen molar-refractivity contribution in [2.45, 2.75) is 37.8 Å². The second kappa shape index (κ2) is 4.90. The Kier molecular flexibility index (Phi) is 3.27. The Balaban J connectivity index is 1.64. The molecule has 0 bridgehead atoms. The average Bonchev–Trinajstić information content (AvgIpc) is 3.22. The SMILES string of the molecule is Nc1ccccc1C(O)CN(CC1CC1)C1CC1. The molecule has 3 N–H and O–H groups in total. The van der Waals surface area contributed by atoms with Crippen LogP contribution in [0.3, 0.4) is 0 Å². The molecule has 1 atom stereocenters. The minimum atomic E-state index is -0.453. The van der Waals surface area contributed by atoms with E-state index in [1.165, 1.54) is 25.7 Å². The second-order valence-corrected chi connectivity index (χ2v) is 5.77. The monoisotopic (exact) mass is 246 g/mol. The van der Waals surface area contributed by atoms with Crippen molar-refractivity contribution in [3.8, 4) is 0 Å². The molecule has 0 heterocycles. The third-order valence-corrected chi connectivity index (χ3v) is 4.02. The summed E-state index contributed by atoms with van der Waals surface area (Å²) in [4.78, 5) is 2.47. The molecule has 0 aliphatic heterocycles. The molecule has 3 rings (SSSR count). The standard InChI is InChI=1S/C15H22N2O/c16-14-4-2-1-3-13(14)15(18)10-17(12-7-8-12)9-11-5-6-11/h1-4,11-12,15,18H,5-10,16H2. The first-order valence-electron chi connectivity index (χ1n) is 7.00. The predicted octanol–water partition coefficient (Wildman–Crippen LogP) is 2.18. The van der Waals surface area contributed by atoms with Crippen molar-refractivity contribution in [2.75, 3.05) is 18.8 Å². The van der Waals surface area contributed by atoms with Crippen LogP contribution in [0.5, 0.6) is 0 Å². The molecule has 1 aromatic rings. The van der Waals surface area contributed by atoms with Gasteiger partial charge in [-0.1, -0.05) is 18.2 Å². The Morgan fingerprint density at radius 3 is 2.56 bits per heavy atom. The van der Waals surface area contributed by atoms with E-state index in [1.807, 2.05) is 24.3 Å². The minimum Gasteiger partial charge on any atom is -0.398 e. The molecule has 0 saturated heterocycles. The molecule has 0 spiro atoms. The Labute approximate surface area is 109 Å². The molecule has 2 aliphatic rings. The van der Waals surface area contributed by atoms with Gasteiger partial charge in [-0.05, 0) is 37.7 Å². The van der Waals surface area contributed by atoms with E-state index in [-0.39, 0.29) is 0 Å². The van der Waals surface area contributed by atoms with E-state index in [0.29, 0.717) is 11.7 Å². The van der Waals surface area contributed by atoms with Gasteiger partial charge in [0.15, 0.2) is 0 Å². The van der Waals surface area contributed by atoms with Gasteiger partial charge < -0.3 is 10.8 Å². The van der Waals surface area contributed by atoms with E-state index < -0.39 is 6.10 Å². The van der Waals surface area contributed by atoms with Gasteiger partial charge in [0.25, 0.3) is 0 Å². The first kappa shape index (κ1) is 12.0. The summed E-state index contributed by atoms with van der Waals surface area (Å²) >= 11 is 0. The average molecular weight is 246 g/mol. The molecule has 0 radical (unpaired) electrons. The highest BCUT2D eigenvalue weighted by Crippen LogP contribution is 2.36. The highest BCUT2D eigenvalue weighted by Gasteiger charge is 2.34. The van der Waals surface area contributed by atoms with Crippen LogP contribution in [0.4, 0.5) is 5.69 Å². The largest absolute Gasteiger partial charge is 0.398 e. The number of rotatable bonds is 6. The highest BCUT2D eigenvalue weighted by molar-refractivity contribution is 5.47. The van der Waals surface area contributed by atoms with Crippen LogP contribution in [0.25, 0.3) is 0 Å². The molecule has 1 unspecified atom stereocenters. The number of aliphatic hydroxyl groups is 1. The predicted molar refractivity (Wildman–Crippen MR) is 73.1 cm³/mol. The molecule has 0 aromatic heterocycles. The number of aliphatic hydroxyl groups excluding tert-OH is 1. The molecule has 0 amide bonds. The van der Waals surface area contributed by atoms with Crippen molar-refractivity contribution in [3.63, 3.8) is 0 Å². The summed E-state index contributed by atoms with van der Waals surface area (Å²) in [5.74, 6) is 0.880. The lowest BCUT2D eigenvalue weighted by atomic mass is 10.1. The molecular formula is C15H22N2O. The number of benzene rings is 1. The van der Waals surface area contributed by atoms with Crippen molar-refractivity contribution in [3.05, 3.63) is 29.8 Å². The van der Waals surface area contributed by atoms with Crippen LogP contribution in [-0.4, -0.2) is 29.1 Å². The van der Waals surface area contributed by atoms with E-state index in [2.05, 4.69) is 4.90 Å². The maximum atomic E-state index is 10.4. The topological polar surface area (TPSA) is 49.5 Å². The molecule has 3 nitrogen and oxygen atoms in total. The Hall–Kier alpha value is -1.06. The molecule has 2 fully saturated rings. The van der Waals surface area contributed by atoms with Gasteiger partial charge in [0.2, 0.25) is 0 Å². The van der Waals surface area contributed by atoms with Crippen LogP contribution in [0.2, 0.25) is 0 Å². The Bertz CT molecular complexity index is 413. The smallest absolute Gasteiger partial charge is 0.0936 e. The number of nitrogens with zero attached hydrogens (tertiary/aromatic N) is 1. The van der Waals surface area contributed by atoms with E-state index in [4.69, 9.17) is 5.73 Å². The number of nitrogens with two attached hydrogens (primary N) is 1. The Morgan fingerprint density at radius 2 is 1.94 bits per heavy atom. The first-order valence-corrected chi connectivity index (χ1v) is 7.00. The Morgan fingerprint density at radius 1 is 1.22 bits per heavy atom. The molecule has 2 saturated carbocycles. The van der Waals surface area contributed by atoms with Crippen LogP contribution >= 0.6 is 0 Å². The van der Waals surface area contributed by atoms with Crippen LogP contribution in [-0.2, 0) is 0 Å². The third kappa shape index (κ3) is 2.85. The van der Waals surface area contributed by atoms with Gasteiger partial charge in [0, 0.05) is 30.4 Å². The number of hydrogen-bond donors (Lipinski definition) is 2. The summed E-state index contributed by atoms with van der Waals surface area (Å²) in [6.45, 7) is 1.89. The van der Waals surface area contributed by atoms with Gasteiger partial charge in [-0.3, -0.25) is 4.90 Å². The van der Waals surface area contributed by atoms with E-state index in [9.17, 15) is 5.11 Å². The molecule has 2 aliphatic carbocycles. The van der Waals surface area contributed by atoms with Gasteiger partial charge >= 0.3 is 0 Å². The number of para-hydroxylation sites is 1. The third-order valence-electron chi connectivity index (χ3n) is 4.02. The normalized spacial score (nSPS) is 21.2. The molecule has 3 heteroatoms.